The number of hydrogen-bond acceptors (Lipinski definition) is 1. The molecule has 0 bridgehead atoms. The lowest BCUT2D eigenvalue weighted by Gasteiger charge is -2.05. The predicted molar refractivity (Wildman–Crippen MR) is 75.1 cm³/mol. The molecule has 0 aliphatic rings. The van der Waals surface area contributed by atoms with Crippen LogP contribution in [0.4, 0.5) is 5.69 Å². The van der Waals surface area contributed by atoms with Gasteiger partial charge in [0.15, 0.2) is 0 Å². The largest absolute Gasteiger partial charge is 0.398 e. The molecule has 17 heavy (non-hydrogen) atoms. The maximum absolute atomic E-state index is 5.95. The monoisotopic (exact) mass is 230 g/mol. The summed E-state index contributed by atoms with van der Waals surface area (Å²) in [6.07, 6.45) is 8.77. The van der Waals surface area contributed by atoms with E-state index in [9.17, 15) is 0 Å². The fourth-order valence-corrected chi connectivity index (χ4v) is 2.33. The van der Waals surface area contributed by atoms with Crippen molar-refractivity contribution in [2.24, 2.45) is 0 Å². The zero-order valence-electron chi connectivity index (χ0n) is 10.7. The quantitative estimate of drug-likeness (QED) is 0.585. The summed E-state index contributed by atoms with van der Waals surface area (Å²) < 4.78 is 2.32. The van der Waals surface area contributed by atoms with E-state index in [0.29, 0.717) is 0 Å². The lowest BCUT2D eigenvalue weighted by molar-refractivity contribution is 0.577. The van der Waals surface area contributed by atoms with Crippen molar-refractivity contribution in [1.82, 2.24) is 4.57 Å². The van der Waals surface area contributed by atoms with Gasteiger partial charge in [-0.25, -0.2) is 0 Å². The Hall–Kier alpha value is -1.44. The van der Waals surface area contributed by atoms with Crippen molar-refractivity contribution in [3.8, 4) is 0 Å². The van der Waals surface area contributed by atoms with E-state index in [0.717, 1.165) is 12.2 Å². The van der Waals surface area contributed by atoms with Crippen molar-refractivity contribution < 1.29 is 0 Å². The van der Waals surface area contributed by atoms with Gasteiger partial charge in [0.25, 0.3) is 0 Å². The highest BCUT2D eigenvalue weighted by Crippen LogP contribution is 2.22. The summed E-state index contributed by atoms with van der Waals surface area (Å²) in [5.74, 6) is 0. The van der Waals surface area contributed by atoms with Gasteiger partial charge in [-0.2, -0.15) is 0 Å². The van der Waals surface area contributed by atoms with Gasteiger partial charge < -0.3 is 10.3 Å². The molecule has 0 atom stereocenters. The van der Waals surface area contributed by atoms with Gasteiger partial charge in [0.05, 0.1) is 5.52 Å². The summed E-state index contributed by atoms with van der Waals surface area (Å²) in [6.45, 7) is 3.36. The minimum Gasteiger partial charge on any atom is -0.398 e. The molecule has 92 valence electrons. The first-order chi connectivity index (χ1) is 8.33. The van der Waals surface area contributed by atoms with E-state index < -0.39 is 0 Å². The number of nitrogens with zero attached hydrogens (tertiary/aromatic N) is 1. The van der Waals surface area contributed by atoms with Gasteiger partial charge >= 0.3 is 0 Å². The molecule has 2 aromatic rings. The Bertz CT molecular complexity index is 471. The first-order valence-corrected chi connectivity index (χ1v) is 6.66. The maximum Gasteiger partial charge on any atom is 0.0501 e. The summed E-state index contributed by atoms with van der Waals surface area (Å²) >= 11 is 0. The van der Waals surface area contributed by atoms with Gasteiger partial charge in [-0.3, -0.25) is 0 Å². The van der Waals surface area contributed by atoms with Crippen LogP contribution < -0.4 is 5.73 Å². The second-order valence-corrected chi connectivity index (χ2v) is 4.70. The lowest BCUT2D eigenvalue weighted by Crippen LogP contribution is -1.96. The summed E-state index contributed by atoms with van der Waals surface area (Å²) in [6, 6.07) is 8.27. The molecule has 2 N–H and O–H groups in total. The van der Waals surface area contributed by atoms with Crippen LogP contribution in [0.3, 0.4) is 0 Å². The number of nitrogens with two attached hydrogens (primary N) is 1. The highest BCUT2D eigenvalue weighted by molar-refractivity contribution is 5.91. The van der Waals surface area contributed by atoms with Crippen molar-refractivity contribution >= 4 is 16.6 Å². The van der Waals surface area contributed by atoms with Crippen LogP contribution in [0.25, 0.3) is 10.9 Å². The summed E-state index contributed by atoms with van der Waals surface area (Å²) in [4.78, 5) is 0. The molecule has 0 saturated heterocycles. The first-order valence-electron chi connectivity index (χ1n) is 6.66. The number of hydrogen-bond donors (Lipinski definition) is 1. The smallest absolute Gasteiger partial charge is 0.0501 e. The van der Waals surface area contributed by atoms with Crippen LogP contribution in [-0.2, 0) is 6.54 Å². The lowest BCUT2D eigenvalue weighted by atomic mass is 10.1. The van der Waals surface area contributed by atoms with Crippen LogP contribution >= 0.6 is 0 Å². The van der Waals surface area contributed by atoms with E-state index in [1.807, 2.05) is 12.1 Å². The molecule has 2 heteroatoms. The third-order valence-electron chi connectivity index (χ3n) is 3.35. The van der Waals surface area contributed by atoms with E-state index in [1.165, 1.54) is 43.0 Å². The van der Waals surface area contributed by atoms with Crippen molar-refractivity contribution in [1.29, 1.82) is 0 Å². The second-order valence-electron chi connectivity index (χ2n) is 4.70. The van der Waals surface area contributed by atoms with Crippen LogP contribution in [-0.4, -0.2) is 4.57 Å². The number of nitrogen functional groups attached to an aromatic ring is 1. The molecule has 0 amide bonds. The highest BCUT2D eigenvalue weighted by atomic mass is 14.9. The number of rotatable bonds is 6. The van der Waals surface area contributed by atoms with Crippen molar-refractivity contribution in [3.63, 3.8) is 0 Å². The molecule has 1 aromatic carbocycles. The summed E-state index contributed by atoms with van der Waals surface area (Å²) in [5.41, 5.74) is 8.10. The minimum absolute atomic E-state index is 0.882. The number of aryl methyl sites for hydroxylation is 1. The Morgan fingerprint density at radius 1 is 1.06 bits per heavy atom. The van der Waals surface area contributed by atoms with Gasteiger partial charge in [-0.05, 0) is 24.6 Å². The molecule has 0 unspecified atom stereocenters. The predicted octanol–water partition coefficient (Wildman–Crippen LogP) is 4.19. The molecule has 0 aliphatic carbocycles. The first kappa shape index (κ1) is 12.0. The Morgan fingerprint density at radius 3 is 2.71 bits per heavy atom. The maximum atomic E-state index is 5.95. The fourth-order valence-electron chi connectivity index (χ4n) is 2.33. The standard InChI is InChI=1S/C15H22N2/c1-2-3-4-5-6-11-17-12-10-13-14(16)8-7-9-15(13)17/h7-10,12H,2-6,11,16H2,1H3. The van der Waals surface area contributed by atoms with Crippen molar-refractivity contribution in [3.05, 3.63) is 30.5 Å². The Labute approximate surface area is 103 Å². The topological polar surface area (TPSA) is 30.9 Å². The average molecular weight is 230 g/mol. The minimum atomic E-state index is 0.882. The normalized spacial score (nSPS) is 11.1. The third kappa shape index (κ3) is 2.82. The van der Waals surface area contributed by atoms with Gasteiger partial charge in [-0.15, -0.1) is 0 Å². The van der Waals surface area contributed by atoms with E-state index >= 15 is 0 Å². The molecule has 2 rings (SSSR count). The molecule has 0 spiro atoms. The Morgan fingerprint density at radius 2 is 1.88 bits per heavy atom. The number of fused-ring (bicyclic) bond motifs is 1. The van der Waals surface area contributed by atoms with Crippen LogP contribution in [0.1, 0.15) is 39.0 Å². The van der Waals surface area contributed by atoms with Crippen LogP contribution in [0.2, 0.25) is 0 Å². The molecule has 0 aliphatic heterocycles. The van der Waals surface area contributed by atoms with Crippen molar-refractivity contribution in [2.75, 3.05) is 5.73 Å². The summed E-state index contributed by atoms with van der Waals surface area (Å²) in [7, 11) is 0. The van der Waals surface area contributed by atoms with Gasteiger partial charge in [0.1, 0.15) is 0 Å². The molecule has 0 fully saturated rings. The SMILES string of the molecule is CCCCCCCn1ccc2c(N)cccc21. The van der Waals surface area contributed by atoms with Crippen molar-refractivity contribution in [2.45, 2.75) is 45.6 Å². The molecule has 2 nitrogen and oxygen atoms in total. The number of benzene rings is 1. The van der Waals surface area contributed by atoms with Gasteiger partial charge in [0, 0.05) is 23.8 Å². The third-order valence-corrected chi connectivity index (χ3v) is 3.35. The van der Waals surface area contributed by atoms with Crippen LogP contribution in [0, 0.1) is 0 Å². The van der Waals surface area contributed by atoms with Gasteiger partial charge in [-0.1, -0.05) is 38.7 Å². The molecule has 1 aromatic heterocycles. The number of aromatic nitrogens is 1. The molecular formula is C15H22N2. The molecular weight excluding hydrogens is 208 g/mol. The molecule has 1 heterocycles. The average Bonchev–Trinajstić information content (AvgIpc) is 2.74. The highest BCUT2D eigenvalue weighted by Gasteiger charge is 2.02. The second kappa shape index (κ2) is 5.76. The van der Waals surface area contributed by atoms with Gasteiger partial charge in [0.2, 0.25) is 0 Å². The van der Waals surface area contributed by atoms with E-state index in [-0.39, 0.29) is 0 Å². The van der Waals surface area contributed by atoms with E-state index in [4.69, 9.17) is 5.73 Å². The van der Waals surface area contributed by atoms with E-state index in [2.05, 4.69) is 29.8 Å². The van der Waals surface area contributed by atoms with E-state index in [1.54, 1.807) is 0 Å². The van der Waals surface area contributed by atoms with Crippen LogP contribution in [0.5, 0.6) is 0 Å². The number of anilines is 1. The molecule has 0 radical (unpaired) electrons. The zero-order chi connectivity index (χ0) is 12.1. The Balaban J connectivity index is 1.97. The molecule has 0 saturated carbocycles. The number of unbranched alkanes of at least 4 members (excludes halogenated alkanes) is 4. The summed E-state index contributed by atoms with van der Waals surface area (Å²) in [5, 5.41) is 1.18. The van der Waals surface area contributed by atoms with Crippen LogP contribution in [0.15, 0.2) is 30.5 Å². The fraction of sp³-hybridized carbons (Fsp3) is 0.467. The zero-order valence-corrected chi connectivity index (χ0v) is 10.7. The Kier molecular flexibility index (Phi) is 4.08.